The van der Waals surface area contributed by atoms with Crippen molar-refractivity contribution in [1.82, 2.24) is 31.0 Å². The summed E-state index contributed by atoms with van der Waals surface area (Å²) in [5.41, 5.74) is 3.28. The number of aromatic nitrogens is 2. The van der Waals surface area contributed by atoms with Gasteiger partial charge in [-0.25, -0.2) is 0 Å². The Hall–Kier alpha value is -3.89. The number of aryl methyl sites for hydroxylation is 2. The fraction of sp³-hybridized carbons (Fsp3) is 0.552. The van der Waals surface area contributed by atoms with Crippen LogP contribution in [0.4, 0.5) is 0 Å². The van der Waals surface area contributed by atoms with Crippen molar-refractivity contribution in [3.8, 4) is 5.75 Å². The minimum Gasteiger partial charge on any atom is -0.493 e. The highest BCUT2D eigenvalue weighted by molar-refractivity contribution is 5.99. The van der Waals surface area contributed by atoms with Crippen LogP contribution in [0.3, 0.4) is 0 Å². The molecule has 4 amide bonds. The van der Waals surface area contributed by atoms with E-state index >= 15 is 0 Å². The lowest BCUT2D eigenvalue weighted by molar-refractivity contribution is -0.129. The van der Waals surface area contributed by atoms with Crippen molar-refractivity contribution in [2.45, 2.75) is 71.9 Å². The highest BCUT2D eigenvalue weighted by Gasteiger charge is 2.26. The second kappa shape index (κ2) is 14.5. The third kappa shape index (κ3) is 8.56. The van der Waals surface area contributed by atoms with E-state index in [1.807, 2.05) is 34.7 Å². The number of ether oxygens (including phenoxy) is 1. The van der Waals surface area contributed by atoms with Crippen LogP contribution in [0.5, 0.6) is 5.75 Å². The average molecular weight is 555 g/mol. The molecule has 40 heavy (non-hydrogen) atoms. The number of hydrogen-bond donors (Lipinski definition) is 4. The van der Waals surface area contributed by atoms with Gasteiger partial charge in [-0.1, -0.05) is 26.0 Å². The summed E-state index contributed by atoms with van der Waals surface area (Å²) < 4.78 is 7.65. The summed E-state index contributed by atoms with van der Waals surface area (Å²) in [5.74, 6) is -0.894. The van der Waals surface area contributed by atoms with Crippen LogP contribution in [0.15, 0.2) is 24.3 Å². The van der Waals surface area contributed by atoms with Crippen LogP contribution >= 0.6 is 0 Å². The lowest BCUT2D eigenvalue weighted by atomic mass is 10.0. The number of amides is 4. The van der Waals surface area contributed by atoms with Gasteiger partial charge in [0, 0.05) is 32.3 Å². The number of fused-ring (bicyclic) bond motifs is 1. The molecule has 0 spiro atoms. The Morgan fingerprint density at radius 3 is 2.62 bits per heavy atom. The molecular weight excluding hydrogens is 512 g/mol. The highest BCUT2D eigenvalue weighted by atomic mass is 16.5. The molecule has 0 bridgehead atoms. The molecule has 4 N–H and O–H groups in total. The average Bonchev–Trinajstić information content (AvgIpc) is 3.15. The number of para-hydroxylation sites is 1. The zero-order valence-corrected chi connectivity index (χ0v) is 24.1. The smallest absolute Gasteiger partial charge is 0.255 e. The summed E-state index contributed by atoms with van der Waals surface area (Å²) in [5, 5.41) is 15.8. The first-order valence-corrected chi connectivity index (χ1v) is 13.9. The van der Waals surface area contributed by atoms with E-state index in [9.17, 15) is 19.2 Å². The summed E-state index contributed by atoms with van der Waals surface area (Å²) >= 11 is 0. The molecule has 1 aromatic heterocycles. The van der Waals surface area contributed by atoms with E-state index < -0.39 is 23.9 Å². The van der Waals surface area contributed by atoms with E-state index in [-0.39, 0.29) is 37.2 Å². The zero-order chi connectivity index (χ0) is 29.2. The zero-order valence-electron chi connectivity index (χ0n) is 24.1. The van der Waals surface area contributed by atoms with Crippen molar-refractivity contribution in [1.29, 1.82) is 0 Å². The fourth-order valence-corrected chi connectivity index (χ4v) is 4.73. The molecule has 0 fully saturated rings. The van der Waals surface area contributed by atoms with Crippen molar-refractivity contribution < 1.29 is 23.9 Å². The first-order valence-electron chi connectivity index (χ1n) is 13.9. The van der Waals surface area contributed by atoms with Gasteiger partial charge in [-0.15, -0.1) is 0 Å². The van der Waals surface area contributed by atoms with E-state index in [0.717, 1.165) is 17.0 Å². The minimum atomic E-state index is -0.965. The minimum absolute atomic E-state index is 0.0425. The second-order valence-corrected chi connectivity index (χ2v) is 10.6. The normalized spacial score (nSPS) is 19.2. The lowest BCUT2D eigenvalue weighted by Gasteiger charge is -2.22. The third-order valence-corrected chi connectivity index (χ3v) is 6.98. The first-order chi connectivity index (χ1) is 19.1. The van der Waals surface area contributed by atoms with Crippen molar-refractivity contribution in [3.63, 3.8) is 0 Å². The summed E-state index contributed by atoms with van der Waals surface area (Å²) in [4.78, 5) is 52.2. The van der Waals surface area contributed by atoms with Crippen LogP contribution in [0, 0.1) is 19.8 Å². The number of benzene rings is 1. The van der Waals surface area contributed by atoms with Gasteiger partial charge in [0.25, 0.3) is 5.91 Å². The molecule has 2 heterocycles. The standard InChI is InChI=1S/C29H42N6O5/c1-18(2)17-24-29(39)30-14-8-16-40-25-10-7-6-9-22(25)27(37)33-23(11-12-26(36)32-24)28(38)31-15-13-21-19(3)34-35(5)20(21)4/h6-7,9-10,18,23-24H,8,11-17H2,1-5H3,(H,30,39)(H,31,38)(H,32,36)(H,33,37)/t23-,24?/m0/s1. The molecule has 11 nitrogen and oxygen atoms in total. The molecule has 0 saturated heterocycles. The Morgan fingerprint density at radius 2 is 1.93 bits per heavy atom. The molecule has 0 saturated carbocycles. The molecule has 0 radical (unpaired) electrons. The van der Waals surface area contributed by atoms with Gasteiger partial charge in [-0.3, -0.25) is 23.9 Å². The molecule has 218 valence electrons. The van der Waals surface area contributed by atoms with Crippen LogP contribution in [0.2, 0.25) is 0 Å². The molecule has 2 aromatic rings. The van der Waals surface area contributed by atoms with Crippen LogP contribution < -0.4 is 26.0 Å². The molecular formula is C29H42N6O5. The second-order valence-electron chi connectivity index (χ2n) is 10.6. The van der Waals surface area contributed by atoms with Gasteiger partial charge in [-0.2, -0.15) is 5.10 Å². The molecule has 1 unspecified atom stereocenters. The summed E-state index contributed by atoms with van der Waals surface area (Å²) in [7, 11) is 1.88. The Kier molecular flexibility index (Phi) is 11.1. The Labute approximate surface area is 235 Å². The van der Waals surface area contributed by atoms with Gasteiger partial charge in [0.1, 0.15) is 17.8 Å². The van der Waals surface area contributed by atoms with E-state index in [1.165, 1.54) is 0 Å². The van der Waals surface area contributed by atoms with Gasteiger partial charge in [0.05, 0.1) is 17.9 Å². The summed E-state index contributed by atoms with van der Waals surface area (Å²) in [6.45, 7) is 8.87. The number of hydrogen-bond acceptors (Lipinski definition) is 6. The van der Waals surface area contributed by atoms with Crippen molar-refractivity contribution in [2.24, 2.45) is 13.0 Å². The molecule has 1 aliphatic heterocycles. The first kappa shape index (κ1) is 30.6. The Balaban J connectivity index is 1.77. The van der Waals surface area contributed by atoms with E-state index in [4.69, 9.17) is 4.74 Å². The maximum atomic E-state index is 13.3. The monoisotopic (exact) mass is 554 g/mol. The topological polar surface area (TPSA) is 143 Å². The summed E-state index contributed by atoms with van der Waals surface area (Å²) in [6.07, 6.45) is 1.61. The van der Waals surface area contributed by atoms with E-state index in [2.05, 4.69) is 26.4 Å². The molecule has 1 aromatic carbocycles. The van der Waals surface area contributed by atoms with Crippen LogP contribution in [-0.2, 0) is 27.9 Å². The molecule has 11 heteroatoms. The number of carbonyl (C=O) groups excluding carboxylic acids is 4. The third-order valence-electron chi connectivity index (χ3n) is 6.98. The molecule has 3 rings (SSSR count). The van der Waals surface area contributed by atoms with Gasteiger partial charge in [0.2, 0.25) is 17.7 Å². The Bertz CT molecular complexity index is 1210. The Morgan fingerprint density at radius 1 is 1.18 bits per heavy atom. The molecule has 2 atom stereocenters. The van der Waals surface area contributed by atoms with Gasteiger partial charge in [-0.05, 0) is 63.1 Å². The van der Waals surface area contributed by atoms with E-state index in [1.54, 1.807) is 28.9 Å². The highest BCUT2D eigenvalue weighted by Crippen LogP contribution is 2.19. The van der Waals surface area contributed by atoms with Crippen LogP contribution in [0.25, 0.3) is 0 Å². The van der Waals surface area contributed by atoms with Crippen molar-refractivity contribution in [3.05, 3.63) is 46.8 Å². The SMILES string of the molecule is Cc1nn(C)c(C)c1CCNC(=O)[C@@H]1CCC(=O)NC(CC(C)C)C(=O)NCCCOc2ccccc2C(=O)N1. The van der Waals surface area contributed by atoms with Crippen LogP contribution in [0.1, 0.15) is 66.8 Å². The predicted molar refractivity (Wildman–Crippen MR) is 151 cm³/mol. The summed E-state index contributed by atoms with van der Waals surface area (Å²) in [6, 6.07) is 5.15. The number of nitrogens with zero attached hydrogens (tertiary/aromatic N) is 2. The maximum absolute atomic E-state index is 13.3. The fourth-order valence-electron chi connectivity index (χ4n) is 4.73. The predicted octanol–water partition coefficient (Wildman–Crippen LogP) is 1.70. The maximum Gasteiger partial charge on any atom is 0.255 e. The van der Waals surface area contributed by atoms with Gasteiger partial charge in [0.15, 0.2) is 0 Å². The number of nitrogens with one attached hydrogen (secondary N) is 4. The number of carbonyl (C=O) groups is 4. The quantitative estimate of drug-likeness (QED) is 0.428. The van der Waals surface area contributed by atoms with Crippen molar-refractivity contribution in [2.75, 3.05) is 19.7 Å². The molecule has 1 aliphatic rings. The van der Waals surface area contributed by atoms with Gasteiger partial charge >= 0.3 is 0 Å². The lowest BCUT2D eigenvalue weighted by Crippen LogP contribution is -2.50. The van der Waals surface area contributed by atoms with Crippen LogP contribution in [-0.4, -0.2) is 65.2 Å². The largest absolute Gasteiger partial charge is 0.493 e. The van der Waals surface area contributed by atoms with Crippen molar-refractivity contribution >= 4 is 23.6 Å². The van der Waals surface area contributed by atoms with Gasteiger partial charge < -0.3 is 26.0 Å². The van der Waals surface area contributed by atoms with E-state index in [0.29, 0.717) is 43.7 Å². The number of rotatable bonds is 6. The molecule has 0 aliphatic carbocycles.